The van der Waals surface area contributed by atoms with Crippen LogP contribution in [0, 0.1) is 0 Å². The molecule has 0 fully saturated rings. The second kappa shape index (κ2) is 8.88. The first-order valence-corrected chi connectivity index (χ1v) is 8.96. The Hall–Kier alpha value is -2.29. The van der Waals surface area contributed by atoms with Gasteiger partial charge in [0.2, 0.25) is 0 Å². The minimum atomic E-state index is 0. The summed E-state index contributed by atoms with van der Waals surface area (Å²) in [4.78, 5) is 2.48. The van der Waals surface area contributed by atoms with E-state index in [9.17, 15) is 0 Å². The van der Waals surface area contributed by atoms with E-state index < -0.39 is 0 Å². The SMILES string of the molecule is [Cl-].c1ccc(-c2ccccc2OCCN2CCc3ccccc3C2)cc1. The van der Waals surface area contributed by atoms with E-state index in [-0.39, 0.29) is 12.4 Å². The molecule has 0 bridgehead atoms. The third-order valence-corrected chi connectivity index (χ3v) is 4.85. The van der Waals surface area contributed by atoms with Gasteiger partial charge in [0.15, 0.2) is 0 Å². The van der Waals surface area contributed by atoms with Gasteiger partial charge in [-0.3, -0.25) is 4.90 Å². The van der Waals surface area contributed by atoms with Gasteiger partial charge in [0.25, 0.3) is 0 Å². The molecule has 134 valence electrons. The molecule has 4 rings (SSSR count). The van der Waals surface area contributed by atoms with Crippen molar-refractivity contribution in [2.45, 2.75) is 13.0 Å². The zero-order valence-electron chi connectivity index (χ0n) is 14.8. The molecule has 0 aliphatic carbocycles. The number of para-hydroxylation sites is 1. The predicted octanol–water partition coefficient (Wildman–Crippen LogP) is 1.79. The molecular formula is C23H23ClNO-. The maximum atomic E-state index is 6.14. The highest BCUT2D eigenvalue weighted by Crippen LogP contribution is 2.29. The molecule has 1 heterocycles. The lowest BCUT2D eigenvalue weighted by Crippen LogP contribution is -3.00. The van der Waals surface area contributed by atoms with Crippen LogP contribution < -0.4 is 17.1 Å². The molecule has 26 heavy (non-hydrogen) atoms. The fraction of sp³-hybridized carbons (Fsp3) is 0.217. The molecule has 2 nitrogen and oxygen atoms in total. The van der Waals surface area contributed by atoms with Gasteiger partial charge in [-0.25, -0.2) is 0 Å². The van der Waals surface area contributed by atoms with Crippen LogP contribution in [-0.4, -0.2) is 24.6 Å². The molecule has 0 spiro atoms. The van der Waals surface area contributed by atoms with Crippen molar-refractivity contribution in [1.29, 1.82) is 0 Å². The van der Waals surface area contributed by atoms with Crippen LogP contribution in [0.4, 0.5) is 0 Å². The van der Waals surface area contributed by atoms with Crippen molar-refractivity contribution < 1.29 is 17.1 Å². The second-order valence-electron chi connectivity index (χ2n) is 6.51. The minimum absolute atomic E-state index is 0. The van der Waals surface area contributed by atoms with Crippen LogP contribution in [0.5, 0.6) is 5.75 Å². The van der Waals surface area contributed by atoms with Gasteiger partial charge in [-0.2, -0.15) is 0 Å². The van der Waals surface area contributed by atoms with Crippen LogP contribution in [0.25, 0.3) is 11.1 Å². The zero-order valence-corrected chi connectivity index (χ0v) is 15.5. The number of nitrogens with zero attached hydrogens (tertiary/aromatic N) is 1. The van der Waals surface area contributed by atoms with Crippen molar-refractivity contribution in [1.82, 2.24) is 4.90 Å². The summed E-state index contributed by atoms with van der Waals surface area (Å²) in [6.45, 7) is 3.81. The topological polar surface area (TPSA) is 12.5 Å². The lowest BCUT2D eigenvalue weighted by Gasteiger charge is -2.28. The molecule has 0 atom stereocenters. The molecule has 0 unspecified atom stereocenters. The lowest BCUT2D eigenvalue weighted by molar-refractivity contribution is -0.00000541. The van der Waals surface area contributed by atoms with Gasteiger partial charge in [0.05, 0.1) is 0 Å². The van der Waals surface area contributed by atoms with Crippen molar-refractivity contribution in [2.24, 2.45) is 0 Å². The Morgan fingerprint density at radius 1 is 0.769 bits per heavy atom. The van der Waals surface area contributed by atoms with Crippen molar-refractivity contribution in [3.63, 3.8) is 0 Å². The number of ether oxygens (including phenoxy) is 1. The van der Waals surface area contributed by atoms with Crippen molar-refractivity contribution >= 4 is 0 Å². The average molecular weight is 365 g/mol. The molecule has 3 aromatic rings. The van der Waals surface area contributed by atoms with Crippen LogP contribution in [-0.2, 0) is 13.0 Å². The maximum absolute atomic E-state index is 6.14. The van der Waals surface area contributed by atoms with Gasteiger partial charge < -0.3 is 17.1 Å². The first-order valence-electron chi connectivity index (χ1n) is 8.96. The van der Waals surface area contributed by atoms with Crippen LogP contribution in [0.2, 0.25) is 0 Å². The summed E-state index contributed by atoms with van der Waals surface area (Å²) in [5, 5.41) is 0. The number of fused-ring (bicyclic) bond motifs is 1. The zero-order chi connectivity index (χ0) is 16.9. The second-order valence-corrected chi connectivity index (χ2v) is 6.51. The number of benzene rings is 3. The van der Waals surface area contributed by atoms with Gasteiger partial charge in [0.1, 0.15) is 12.4 Å². The van der Waals surface area contributed by atoms with E-state index >= 15 is 0 Å². The van der Waals surface area contributed by atoms with E-state index in [4.69, 9.17) is 4.74 Å². The van der Waals surface area contributed by atoms with E-state index in [1.807, 2.05) is 12.1 Å². The average Bonchev–Trinajstić information content (AvgIpc) is 2.69. The van der Waals surface area contributed by atoms with Gasteiger partial charge in [-0.15, -0.1) is 0 Å². The quantitative estimate of drug-likeness (QED) is 0.684. The third-order valence-electron chi connectivity index (χ3n) is 4.85. The number of hydrogen-bond acceptors (Lipinski definition) is 2. The minimum Gasteiger partial charge on any atom is -1.00 e. The monoisotopic (exact) mass is 364 g/mol. The van der Waals surface area contributed by atoms with Crippen LogP contribution in [0.1, 0.15) is 11.1 Å². The molecule has 1 aliphatic heterocycles. The lowest BCUT2D eigenvalue weighted by atomic mass is 10.0. The summed E-state index contributed by atoms with van der Waals surface area (Å²) < 4.78 is 6.14. The van der Waals surface area contributed by atoms with Gasteiger partial charge in [-0.1, -0.05) is 72.8 Å². The summed E-state index contributed by atoms with van der Waals surface area (Å²) in [5.74, 6) is 0.964. The van der Waals surface area contributed by atoms with E-state index in [1.165, 1.54) is 16.7 Å². The molecule has 0 radical (unpaired) electrons. The standard InChI is InChI=1S/C23H23NO.ClH/c1-2-9-20(10-3-1)22-12-6-7-13-23(22)25-17-16-24-15-14-19-8-4-5-11-21(19)18-24;/h1-13H,14-18H2;1H/p-1. The summed E-state index contributed by atoms with van der Waals surface area (Å²) >= 11 is 0. The summed E-state index contributed by atoms with van der Waals surface area (Å²) in [6, 6.07) is 27.5. The van der Waals surface area contributed by atoms with Crippen LogP contribution in [0.15, 0.2) is 78.9 Å². The van der Waals surface area contributed by atoms with E-state index in [1.54, 1.807) is 0 Å². The molecular weight excluding hydrogens is 342 g/mol. The highest BCUT2D eigenvalue weighted by molar-refractivity contribution is 5.70. The fourth-order valence-electron chi connectivity index (χ4n) is 3.48. The number of rotatable bonds is 5. The van der Waals surface area contributed by atoms with Crippen molar-refractivity contribution in [2.75, 3.05) is 19.7 Å². The van der Waals surface area contributed by atoms with E-state index in [2.05, 4.69) is 71.6 Å². The summed E-state index contributed by atoms with van der Waals surface area (Å²) in [5.41, 5.74) is 5.31. The maximum Gasteiger partial charge on any atom is 0.127 e. The van der Waals surface area contributed by atoms with E-state index in [0.29, 0.717) is 6.61 Å². The summed E-state index contributed by atoms with van der Waals surface area (Å²) in [6.07, 6.45) is 1.14. The van der Waals surface area contributed by atoms with Gasteiger partial charge in [-0.05, 0) is 29.2 Å². The third kappa shape index (κ3) is 4.27. The van der Waals surface area contributed by atoms with Crippen molar-refractivity contribution in [3.8, 4) is 16.9 Å². The molecule has 0 amide bonds. The molecule has 3 aromatic carbocycles. The Morgan fingerprint density at radius 3 is 2.31 bits per heavy atom. The highest BCUT2D eigenvalue weighted by Gasteiger charge is 2.15. The Kier molecular flexibility index (Phi) is 6.32. The van der Waals surface area contributed by atoms with Gasteiger partial charge >= 0.3 is 0 Å². The first-order chi connectivity index (χ1) is 12.4. The van der Waals surface area contributed by atoms with E-state index in [0.717, 1.165) is 37.4 Å². The molecule has 3 heteroatoms. The Morgan fingerprint density at radius 2 is 1.46 bits per heavy atom. The van der Waals surface area contributed by atoms with Crippen LogP contribution in [0.3, 0.4) is 0 Å². The van der Waals surface area contributed by atoms with Crippen molar-refractivity contribution in [3.05, 3.63) is 90.0 Å². The molecule has 0 N–H and O–H groups in total. The van der Waals surface area contributed by atoms with Gasteiger partial charge in [0, 0.05) is 25.2 Å². The largest absolute Gasteiger partial charge is 1.00 e. The Bertz CT molecular complexity index is 834. The normalized spacial score (nSPS) is 13.5. The molecule has 0 saturated heterocycles. The van der Waals surface area contributed by atoms with Crippen LogP contribution >= 0.6 is 0 Å². The smallest absolute Gasteiger partial charge is 0.127 e. The summed E-state index contributed by atoms with van der Waals surface area (Å²) in [7, 11) is 0. The molecule has 0 saturated carbocycles. The Balaban J connectivity index is 0.00000196. The molecule has 0 aromatic heterocycles. The predicted molar refractivity (Wildman–Crippen MR) is 103 cm³/mol. The molecule has 1 aliphatic rings. The first kappa shape index (κ1) is 18.5. The Labute approximate surface area is 161 Å². The number of hydrogen-bond donors (Lipinski definition) is 0. The number of halogens is 1. The fourth-order valence-corrected chi connectivity index (χ4v) is 3.48. The highest BCUT2D eigenvalue weighted by atomic mass is 35.5.